The van der Waals surface area contributed by atoms with Crippen molar-refractivity contribution in [3.05, 3.63) is 53.7 Å². The van der Waals surface area contributed by atoms with Crippen LogP contribution in [0, 0.1) is 17.8 Å². The van der Waals surface area contributed by atoms with E-state index in [2.05, 4.69) is 0 Å². The molecule has 2 aliphatic carbocycles. The van der Waals surface area contributed by atoms with Gasteiger partial charge in [0.25, 0.3) is 0 Å². The summed E-state index contributed by atoms with van der Waals surface area (Å²) < 4.78 is 14.1. The van der Waals surface area contributed by atoms with E-state index in [1.165, 1.54) is 70.9 Å². The molecule has 2 atom stereocenters. The number of aromatic nitrogens is 1. The molecule has 3 saturated heterocycles. The van der Waals surface area contributed by atoms with Crippen LogP contribution in [-0.2, 0) is 16.9 Å². The van der Waals surface area contributed by atoms with Crippen LogP contribution < -0.4 is 0 Å². The van der Waals surface area contributed by atoms with Crippen molar-refractivity contribution in [2.75, 3.05) is 26.2 Å². The number of fused-ring (bicyclic) bond motifs is 3. The van der Waals surface area contributed by atoms with Gasteiger partial charge in [-0.15, -0.1) is 0 Å². The maximum atomic E-state index is 12.2. The highest BCUT2D eigenvalue weighted by atomic mass is 16.5. The molecule has 1 aromatic carbocycles. The van der Waals surface area contributed by atoms with Crippen molar-refractivity contribution < 1.29 is 18.7 Å². The Bertz CT molecular complexity index is 986. The Hall–Kier alpha value is -1.69. The number of nitrogens with zero attached hydrogens (tertiary/aromatic N) is 2. The molecule has 202 valence electrons. The van der Waals surface area contributed by atoms with Crippen LogP contribution in [0.5, 0.6) is 0 Å². The van der Waals surface area contributed by atoms with Crippen LogP contribution in [0.3, 0.4) is 0 Å². The standard InChI is InChI=1S/C32H47N2O3/c35-32(27-12-6-2-7-13-27,28-14-8-3-9-15-28)31-33-22-29(37-31)23-34-19-16-26(17-20-34)30(24-34)36-21-18-25-10-4-1-5-11-25/h2,6-7,12-13,22,25-26,28,30,35H,1,3-5,8-11,14-21,23-24H2/q+1/t26?,30?,32-,34?/m0/s1. The summed E-state index contributed by atoms with van der Waals surface area (Å²) in [5, 5.41) is 12.2. The Morgan fingerprint density at radius 1 is 0.919 bits per heavy atom. The summed E-state index contributed by atoms with van der Waals surface area (Å²) >= 11 is 0. The zero-order valence-corrected chi connectivity index (χ0v) is 22.7. The van der Waals surface area contributed by atoms with Gasteiger partial charge in [0.15, 0.2) is 11.4 Å². The Labute approximate surface area is 223 Å². The van der Waals surface area contributed by atoms with E-state index in [0.717, 1.165) is 73.0 Å². The van der Waals surface area contributed by atoms with Crippen molar-refractivity contribution in [3.8, 4) is 0 Å². The van der Waals surface area contributed by atoms with Gasteiger partial charge in [-0.3, -0.25) is 0 Å². The SMILES string of the molecule is O[C@](c1ccccc1)(c1ncc(C[N+]23CCC(CC2)C(OCCC2CCCCC2)C3)o1)C1CCCCC1. The Kier molecular flexibility index (Phi) is 7.74. The summed E-state index contributed by atoms with van der Waals surface area (Å²) in [7, 11) is 0. The van der Waals surface area contributed by atoms with Crippen LogP contribution in [0.1, 0.15) is 101 Å². The first-order valence-electron chi connectivity index (χ1n) is 15.3. The van der Waals surface area contributed by atoms with E-state index in [4.69, 9.17) is 14.1 Å². The first-order chi connectivity index (χ1) is 18.1. The fourth-order valence-corrected chi connectivity index (χ4v) is 8.13. The summed E-state index contributed by atoms with van der Waals surface area (Å²) in [5.74, 6) is 3.17. The molecule has 4 heterocycles. The minimum absolute atomic E-state index is 0.148. The fourth-order valence-electron chi connectivity index (χ4n) is 8.13. The van der Waals surface area contributed by atoms with Crippen molar-refractivity contribution in [1.29, 1.82) is 0 Å². The number of aliphatic hydroxyl groups is 1. The minimum Gasteiger partial charge on any atom is -0.436 e. The zero-order chi connectivity index (χ0) is 25.1. The first-order valence-corrected chi connectivity index (χ1v) is 15.3. The Balaban J connectivity index is 1.14. The number of ether oxygens (including phenoxy) is 1. The highest BCUT2D eigenvalue weighted by molar-refractivity contribution is 5.30. The quantitative estimate of drug-likeness (QED) is 0.389. The average Bonchev–Trinajstić information content (AvgIpc) is 3.43. The molecule has 0 radical (unpaired) electrons. The van der Waals surface area contributed by atoms with Crippen molar-refractivity contribution in [2.45, 2.75) is 102 Å². The average molecular weight is 508 g/mol. The minimum atomic E-state index is -1.15. The van der Waals surface area contributed by atoms with Gasteiger partial charge in [0.1, 0.15) is 19.2 Å². The van der Waals surface area contributed by atoms with Gasteiger partial charge >= 0.3 is 0 Å². The Morgan fingerprint density at radius 2 is 1.62 bits per heavy atom. The maximum Gasteiger partial charge on any atom is 0.231 e. The molecular formula is C32H47N2O3+. The molecule has 5 nitrogen and oxygen atoms in total. The smallest absolute Gasteiger partial charge is 0.231 e. The highest BCUT2D eigenvalue weighted by Gasteiger charge is 2.48. The second-order valence-electron chi connectivity index (χ2n) is 12.8. The van der Waals surface area contributed by atoms with Gasteiger partial charge in [-0.25, -0.2) is 4.98 Å². The van der Waals surface area contributed by atoms with Crippen LogP contribution in [0.15, 0.2) is 40.9 Å². The molecule has 37 heavy (non-hydrogen) atoms. The summed E-state index contributed by atoms with van der Waals surface area (Å²) in [6, 6.07) is 10.1. The fraction of sp³-hybridized carbons (Fsp3) is 0.719. The van der Waals surface area contributed by atoms with E-state index < -0.39 is 5.60 Å². The molecule has 5 heteroatoms. The lowest BCUT2D eigenvalue weighted by Crippen LogP contribution is -2.63. The summed E-state index contributed by atoms with van der Waals surface area (Å²) in [5.41, 5.74) is -0.243. The molecule has 5 fully saturated rings. The summed E-state index contributed by atoms with van der Waals surface area (Å²) in [6.07, 6.45) is 18.7. The number of rotatable bonds is 9. The number of piperidine rings is 3. The van der Waals surface area contributed by atoms with E-state index in [0.29, 0.717) is 12.0 Å². The number of benzene rings is 1. The van der Waals surface area contributed by atoms with Gasteiger partial charge in [0.2, 0.25) is 5.89 Å². The third kappa shape index (κ3) is 5.42. The third-order valence-electron chi connectivity index (χ3n) is 10.4. The lowest BCUT2D eigenvalue weighted by molar-refractivity contribution is -0.959. The molecule has 2 saturated carbocycles. The highest BCUT2D eigenvalue weighted by Crippen LogP contribution is 2.44. The number of hydrogen-bond acceptors (Lipinski definition) is 4. The van der Waals surface area contributed by atoms with E-state index >= 15 is 0 Å². The molecule has 5 aliphatic rings. The number of hydrogen-bond donors (Lipinski definition) is 1. The lowest BCUT2D eigenvalue weighted by Gasteiger charge is -2.52. The van der Waals surface area contributed by atoms with E-state index in [-0.39, 0.29) is 5.92 Å². The molecule has 2 aromatic rings. The third-order valence-corrected chi connectivity index (χ3v) is 10.4. The Morgan fingerprint density at radius 3 is 2.35 bits per heavy atom. The van der Waals surface area contributed by atoms with Crippen LogP contribution in [0.25, 0.3) is 0 Å². The van der Waals surface area contributed by atoms with E-state index in [1.807, 2.05) is 36.5 Å². The predicted octanol–water partition coefficient (Wildman–Crippen LogP) is 6.59. The normalized spacial score (nSPS) is 30.8. The second kappa shape index (κ2) is 11.2. The largest absolute Gasteiger partial charge is 0.436 e. The van der Waals surface area contributed by atoms with Crippen LogP contribution in [0.4, 0.5) is 0 Å². The van der Waals surface area contributed by atoms with Crippen molar-refractivity contribution in [3.63, 3.8) is 0 Å². The molecule has 0 amide bonds. The first kappa shape index (κ1) is 25.6. The predicted molar refractivity (Wildman–Crippen MR) is 145 cm³/mol. The summed E-state index contributed by atoms with van der Waals surface area (Å²) in [4.78, 5) is 4.75. The summed E-state index contributed by atoms with van der Waals surface area (Å²) in [6.45, 7) is 5.29. The lowest BCUT2D eigenvalue weighted by atomic mass is 9.73. The maximum absolute atomic E-state index is 12.2. The molecular weight excluding hydrogens is 460 g/mol. The van der Waals surface area contributed by atoms with E-state index in [1.54, 1.807) is 0 Å². The van der Waals surface area contributed by atoms with Crippen molar-refractivity contribution >= 4 is 0 Å². The van der Waals surface area contributed by atoms with Gasteiger partial charge in [0.05, 0.1) is 19.3 Å². The van der Waals surface area contributed by atoms with Crippen LogP contribution >= 0.6 is 0 Å². The molecule has 1 unspecified atom stereocenters. The monoisotopic (exact) mass is 507 g/mol. The number of oxazole rings is 1. The second-order valence-corrected chi connectivity index (χ2v) is 12.8. The molecule has 7 rings (SSSR count). The van der Waals surface area contributed by atoms with Gasteiger partial charge in [-0.1, -0.05) is 81.7 Å². The van der Waals surface area contributed by atoms with Gasteiger partial charge in [-0.2, -0.15) is 0 Å². The van der Waals surface area contributed by atoms with Gasteiger partial charge in [0, 0.05) is 31.3 Å². The molecule has 3 aliphatic heterocycles. The number of quaternary nitrogens is 1. The van der Waals surface area contributed by atoms with E-state index in [9.17, 15) is 5.11 Å². The van der Waals surface area contributed by atoms with Crippen molar-refractivity contribution in [1.82, 2.24) is 4.98 Å². The molecule has 1 N–H and O–H groups in total. The molecule has 2 bridgehead atoms. The van der Waals surface area contributed by atoms with Crippen LogP contribution in [-0.4, -0.2) is 46.9 Å². The molecule has 1 aromatic heterocycles. The van der Waals surface area contributed by atoms with Crippen molar-refractivity contribution in [2.24, 2.45) is 17.8 Å². The zero-order valence-electron chi connectivity index (χ0n) is 22.7. The topological polar surface area (TPSA) is 55.5 Å². The van der Waals surface area contributed by atoms with Gasteiger partial charge < -0.3 is 18.7 Å². The molecule has 0 spiro atoms. The van der Waals surface area contributed by atoms with Crippen LogP contribution in [0.2, 0.25) is 0 Å². The van der Waals surface area contributed by atoms with Gasteiger partial charge in [-0.05, 0) is 30.7 Å².